The molecule has 2 N–H and O–H groups in total. The van der Waals surface area contributed by atoms with Crippen molar-refractivity contribution in [1.82, 2.24) is 10.6 Å². The molecular weight excluding hydrogens is 231 g/mol. The molecule has 0 spiro atoms. The lowest BCUT2D eigenvalue weighted by molar-refractivity contribution is -0.120. The fraction of sp³-hybridized carbons (Fsp3) is 0.500. The molecule has 1 aromatic rings. The molecule has 1 unspecified atom stereocenters. The van der Waals surface area contributed by atoms with Gasteiger partial charge in [-0.1, -0.05) is 6.07 Å². The molecule has 18 heavy (non-hydrogen) atoms. The molecule has 2 rings (SSSR count). The summed E-state index contributed by atoms with van der Waals surface area (Å²) in [5.41, 5.74) is 2.17. The van der Waals surface area contributed by atoms with E-state index >= 15 is 0 Å². The molecule has 0 fully saturated rings. The van der Waals surface area contributed by atoms with Gasteiger partial charge in [0.1, 0.15) is 5.82 Å². The highest BCUT2D eigenvalue weighted by molar-refractivity contribution is 5.78. The van der Waals surface area contributed by atoms with E-state index in [1.54, 1.807) is 6.07 Å². The highest BCUT2D eigenvalue weighted by atomic mass is 19.1. The Bertz CT molecular complexity index is 445. The quantitative estimate of drug-likeness (QED) is 0.857. The van der Waals surface area contributed by atoms with Crippen molar-refractivity contribution in [3.63, 3.8) is 0 Å². The lowest BCUT2D eigenvalue weighted by Gasteiger charge is -2.15. The number of halogens is 1. The van der Waals surface area contributed by atoms with Crippen molar-refractivity contribution in [2.45, 2.75) is 38.8 Å². The summed E-state index contributed by atoms with van der Waals surface area (Å²) in [5.74, 6) is -0.187. The second kappa shape index (κ2) is 5.48. The first-order valence-corrected chi connectivity index (χ1v) is 6.37. The summed E-state index contributed by atoms with van der Waals surface area (Å²) in [5, 5.41) is 6.07. The van der Waals surface area contributed by atoms with Gasteiger partial charge in [0.2, 0.25) is 5.91 Å². The number of aryl methyl sites for hydroxylation is 1. The van der Waals surface area contributed by atoms with E-state index in [9.17, 15) is 9.18 Å². The molecule has 1 aliphatic carbocycles. The molecule has 0 aliphatic heterocycles. The maximum Gasteiger partial charge on any atom is 0.234 e. The van der Waals surface area contributed by atoms with Gasteiger partial charge in [-0.25, -0.2) is 4.39 Å². The van der Waals surface area contributed by atoms with E-state index in [4.69, 9.17) is 0 Å². The number of carbonyl (C=O) groups excluding carboxylic acids is 1. The number of rotatable bonds is 4. The predicted octanol–water partition coefficient (Wildman–Crippen LogP) is 1.93. The van der Waals surface area contributed by atoms with Crippen LogP contribution in [-0.2, 0) is 11.2 Å². The molecule has 3 nitrogen and oxygen atoms in total. The molecule has 0 heterocycles. The van der Waals surface area contributed by atoms with Crippen LogP contribution in [0.2, 0.25) is 0 Å². The van der Waals surface area contributed by atoms with E-state index in [-0.39, 0.29) is 23.8 Å². The van der Waals surface area contributed by atoms with E-state index in [0.29, 0.717) is 6.54 Å². The van der Waals surface area contributed by atoms with Gasteiger partial charge in [0.05, 0.1) is 6.54 Å². The topological polar surface area (TPSA) is 41.1 Å². The fourth-order valence-electron chi connectivity index (χ4n) is 2.39. The lowest BCUT2D eigenvalue weighted by atomic mass is 10.1. The van der Waals surface area contributed by atoms with Gasteiger partial charge in [-0.3, -0.25) is 4.79 Å². The predicted molar refractivity (Wildman–Crippen MR) is 68.7 cm³/mol. The molecule has 0 aromatic heterocycles. The van der Waals surface area contributed by atoms with Gasteiger partial charge in [0, 0.05) is 12.1 Å². The standard InChI is InChI=1S/C14H19FN2O/c1-9(2)17-14(18)8-16-13-6-3-10-7-11(15)4-5-12(10)13/h4-5,7,9,13,16H,3,6,8H2,1-2H3,(H,17,18). The van der Waals surface area contributed by atoms with E-state index in [0.717, 1.165) is 24.0 Å². The number of nitrogens with one attached hydrogen (secondary N) is 2. The number of hydrogen-bond donors (Lipinski definition) is 2. The second-order valence-corrected chi connectivity index (χ2v) is 5.04. The van der Waals surface area contributed by atoms with Gasteiger partial charge < -0.3 is 10.6 Å². The van der Waals surface area contributed by atoms with Gasteiger partial charge >= 0.3 is 0 Å². The van der Waals surface area contributed by atoms with Crippen molar-refractivity contribution >= 4 is 5.91 Å². The average Bonchev–Trinajstić information content (AvgIpc) is 2.67. The van der Waals surface area contributed by atoms with Crippen LogP contribution in [0.5, 0.6) is 0 Å². The summed E-state index contributed by atoms with van der Waals surface area (Å²) < 4.78 is 13.1. The second-order valence-electron chi connectivity index (χ2n) is 5.04. The van der Waals surface area contributed by atoms with Crippen molar-refractivity contribution in [2.24, 2.45) is 0 Å². The van der Waals surface area contributed by atoms with Crippen molar-refractivity contribution in [1.29, 1.82) is 0 Å². The summed E-state index contributed by atoms with van der Waals surface area (Å²) in [6.07, 6.45) is 1.80. The molecule has 98 valence electrons. The monoisotopic (exact) mass is 250 g/mol. The average molecular weight is 250 g/mol. The normalized spacial score (nSPS) is 17.9. The molecule has 0 radical (unpaired) electrons. The molecule has 1 aromatic carbocycles. The van der Waals surface area contributed by atoms with Crippen LogP contribution in [0.1, 0.15) is 37.4 Å². The zero-order valence-corrected chi connectivity index (χ0v) is 10.8. The molecular formula is C14H19FN2O. The number of fused-ring (bicyclic) bond motifs is 1. The Hall–Kier alpha value is -1.42. The highest BCUT2D eigenvalue weighted by Gasteiger charge is 2.22. The first-order valence-electron chi connectivity index (χ1n) is 6.37. The Morgan fingerprint density at radius 3 is 3.00 bits per heavy atom. The minimum Gasteiger partial charge on any atom is -0.353 e. The van der Waals surface area contributed by atoms with Gasteiger partial charge in [0.25, 0.3) is 0 Å². The molecule has 1 aliphatic rings. The summed E-state index contributed by atoms with van der Waals surface area (Å²) in [6, 6.07) is 5.20. The van der Waals surface area contributed by atoms with Crippen molar-refractivity contribution < 1.29 is 9.18 Å². The van der Waals surface area contributed by atoms with Crippen LogP contribution in [0.4, 0.5) is 4.39 Å². The Labute approximate surface area is 107 Å². The number of benzene rings is 1. The highest BCUT2D eigenvalue weighted by Crippen LogP contribution is 2.31. The van der Waals surface area contributed by atoms with Crippen LogP contribution < -0.4 is 10.6 Å². The molecule has 1 amide bonds. The van der Waals surface area contributed by atoms with E-state index < -0.39 is 0 Å². The smallest absolute Gasteiger partial charge is 0.234 e. The van der Waals surface area contributed by atoms with E-state index in [1.807, 2.05) is 19.9 Å². The third kappa shape index (κ3) is 3.07. The number of hydrogen-bond acceptors (Lipinski definition) is 2. The van der Waals surface area contributed by atoms with Gasteiger partial charge in [-0.2, -0.15) is 0 Å². The van der Waals surface area contributed by atoms with Crippen LogP contribution in [0.15, 0.2) is 18.2 Å². The zero-order valence-electron chi connectivity index (χ0n) is 10.8. The van der Waals surface area contributed by atoms with Crippen LogP contribution >= 0.6 is 0 Å². The SMILES string of the molecule is CC(C)NC(=O)CNC1CCc2cc(F)ccc21. The van der Waals surface area contributed by atoms with Crippen molar-refractivity contribution in [2.75, 3.05) is 6.54 Å². The molecule has 0 bridgehead atoms. The lowest BCUT2D eigenvalue weighted by Crippen LogP contribution is -2.38. The fourth-order valence-corrected chi connectivity index (χ4v) is 2.39. The minimum absolute atomic E-state index is 0.000520. The van der Waals surface area contributed by atoms with Crippen LogP contribution in [-0.4, -0.2) is 18.5 Å². The van der Waals surface area contributed by atoms with Crippen LogP contribution in [0.3, 0.4) is 0 Å². The van der Waals surface area contributed by atoms with Crippen LogP contribution in [0, 0.1) is 5.82 Å². The third-order valence-electron chi connectivity index (χ3n) is 3.14. The molecule has 0 saturated heterocycles. The maximum absolute atomic E-state index is 13.1. The maximum atomic E-state index is 13.1. The number of amides is 1. The minimum atomic E-state index is -0.188. The Kier molecular flexibility index (Phi) is 3.97. The summed E-state index contributed by atoms with van der Waals surface area (Å²) in [4.78, 5) is 11.5. The van der Waals surface area contributed by atoms with Gasteiger partial charge in [-0.15, -0.1) is 0 Å². The number of carbonyl (C=O) groups is 1. The van der Waals surface area contributed by atoms with Crippen molar-refractivity contribution in [3.05, 3.63) is 35.1 Å². The van der Waals surface area contributed by atoms with Crippen molar-refractivity contribution in [3.8, 4) is 0 Å². The zero-order chi connectivity index (χ0) is 13.1. The first kappa shape index (κ1) is 13.0. The Morgan fingerprint density at radius 1 is 1.50 bits per heavy atom. The van der Waals surface area contributed by atoms with E-state index in [2.05, 4.69) is 10.6 Å². The largest absolute Gasteiger partial charge is 0.353 e. The van der Waals surface area contributed by atoms with E-state index in [1.165, 1.54) is 6.07 Å². The summed E-state index contributed by atoms with van der Waals surface area (Å²) in [6.45, 7) is 4.18. The summed E-state index contributed by atoms with van der Waals surface area (Å²) >= 11 is 0. The van der Waals surface area contributed by atoms with Crippen LogP contribution in [0.25, 0.3) is 0 Å². The summed E-state index contributed by atoms with van der Waals surface area (Å²) in [7, 11) is 0. The Morgan fingerprint density at radius 2 is 2.28 bits per heavy atom. The van der Waals surface area contributed by atoms with Gasteiger partial charge in [0.15, 0.2) is 0 Å². The molecule has 4 heteroatoms. The molecule has 0 saturated carbocycles. The van der Waals surface area contributed by atoms with Gasteiger partial charge in [-0.05, 0) is 49.9 Å². The third-order valence-corrected chi connectivity index (χ3v) is 3.14. The first-order chi connectivity index (χ1) is 8.56. The molecule has 1 atom stereocenters. The Balaban J connectivity index is 1.92.